The molecule has 0 spiro atoms. The maximum absolute atomic E-state index is 11.5. The van der Waals surface area contributed by atoms with Crippen LogP contribution in [0.3, 0.4) is 0 Å². The average molecular weight is 304 g/mol. The number of carbonyl (C=O) groups is 1. The van der Waals surface area contributed by atoms with Gasteiger partial charge in [0.15, 0.2) is 0 Å². The Morgan fingerprint density at radius 3 is 2.23 bits per heavy atom. The highest BCUT2D eigenvalue weighted by Gasteiger charge is 2.25. The molecule has 0 aromatic heterocycles. The van der Waals surface area contributed by atoms with Gasteiger partial charge in [-0.25, -0.2) is 4.79 Å². The first-order valence-corrected chi connectivity index (χ1v) is 7.72. The number of rotatable bonds is 7. The minimum Gasteiger partial charge on any atom is -0.493 e. The van der Waals surface area contributed by atoms with Crippen molar-refractivity contribution in [3.8, 4) is 5.75 Å². The molecule has 0 amide bonds. The molecular formula is C19H28O3. The third-order valence-electron chi connectivity index (χ3n) is 3.21. The lowest BCUT2D eigenvalue weighted by Gasteiger charge is -2.30. The van der Waals surface area contributed by atoms with E-state index in [2.05, 4.69) is 34.6 Å². The van der Waals surface area contributed by atoms with E-state index in [4.69, 9.17) is 4.74 Å². The molecule has 1 rings (SSSR count). The van der Waals surface area contributed by atoms with Crippen LogP contribution in [-0.2, 0) is 4.79 Å². The van der Waals surface area contributed by atoms with Gasteiger partial charge in [-0.2, -0.15) is 0 Å². The van der Waals surface area contributed by atoms with Crippen LogP contribution < -0.4 is 4.74 Å². The summed E-state index contributed by atoms with van der Waals surface area (Å²) in [5.41, 5.74) is 0.424. The number of carboxylic acids is 1. The molecular weight excluding hydrogens is 276 g/mol. The van der Waals surface area contributed by atoms with Gasteiger partial charge >= 0.3 is 5.97 Å². The Labute approximate surface area is 134 Å². The molecule has 0 saturated carbocycles. The number of hydrogen-bond acceptors (Lipinski definition) is 2. The molecule has 0 atom stereocenters. The van der Waals surface area contributed by atoms with Crippen molar-refractivity contribution >= 4 is 5.97 Å². The predicted molar refractivity (Wildman–Crippen MR) is 90.1 cm³/mol. The van der Waals surface area contributed by atoms with Crippen molar-refractivity contribution in [2.75, 3.05) is 6.61 Å². The number of ether oxygens (including phenoxy) is 1. The van der Waals surface area contributed by atoms with Gasteiger partial charge in [-0.3, -0.25) is 0 Å². The van der Waals surface area contributed by atoms with Crippen molar-refractivity contribution in [2.24, 2.45) is 10.8 Å². The van der Waals surface area contributed by atoms with Gasteiger partial charge in [0.1, 0.15) is 5.75 Å². The van der Waals surface area contributed by atoms with Crippen molar-refractivity contribution in [3.05, 3.63) is 42.0 Å². The Morgan fingerprint density at radius 1 is 1.14 bits per heavy atom. The van der Waals surface area contributed by atoms with Crippen molar-refractivity contribution < 1.29 is 14.6 Å². The molecule has 0 fully saturated rings. The molecule has 0 saturated heterocycles. The zero-order valence-electron chi connectivity index (χ0n) is 14.3. The molecule has 1 aromatic rings. The van der Waals surface area contributed by atoms with Gasteiger partial charge in [0, 0.05) is 12.0 Å². The molecule has 122 valence electrons. The fraction of sp³-hybridized carbons (Fsp3) is 0.526. The summed E-state index contributed by atoms with van der Waals surface area (Å²) in [7, 11) is 0. The molecule has 0 bridgehead atoms. The standard InChI is InChI=1S/C19H28O3/c1-18(2,3)14-19(4,5)13-15(17(20)21)11-12-22-16-9-7-6-8-10-16/h6-10,13H,11-12,14H2,1-5H3,(H,20,21). The molecule has 0 aliphatic heterocycles. The van der Waals surface area contributed by atoms with Gasteiger partial charge in [0.25, 0.3) is 0 Å². The maximum Gasteiger partial charge on any atom is 0.331 e. The van der Waals surface area contributed by atoms with Crippen molar-refractivity contribution in [3.63, 3.8) is 0 Å². The van der Waals surface area contributed by atoms with E-state index in [1.807, 2.05) is 36.4 Å². The summed E-state index contributed by atoms with van der Waals surface area (Å²) in [5.74, 6) is -0.0974. The van der Waals surface area contributed by atoms with Crippen molar-refractivity contribution in [1.29, 1.82) is 0 Å². The summed E-state index contributed by atoms with van der Waals surface area (Å²) in [6, 6.07) is 9.46. The normalized spacial score (nSPS) is 13.0. The molecule has 1 N–H and O–H groups in total. The molecule has 0 unspecified atom stereocenters. The Kier molecular flexibility index (Phi) is 6.21. The lowest BCUT2D eigenvalue weighted by atomic mass is 9.75. The smallest absolute Gasteiger partial charge is 0.331 e. The first-order valence-electron chi connectivity index (χ1n) is 7.72. The van der Waals surface area contributed by atoms with Gasteiger partial charge in [0.2, 0.25) is 0 Å². The Hall–Kier alpha value is -1.77. The van der Waals surface area contributed by atoms with E-state index < -0.39 is 5.97 Å². The summed E-state index contributed by atoms with van der Waals surface area (Å²) in [6.07, 6.45) is 3.21. The first-order chi connectivity index (χ1) is 10.1. The molecule has 0 heterocycles. The van der Waals surface area contributed by atoms with Crippen LogP contribution in [0.2, 0.25) is 0 Å². The summed E-state index contributed by atoms with van der Waals surface area (Å²) < 4.78 is 5.60. The topological polar surface area (TPSA) is 46.5 Å². The van der Waals surface area contributed by atoms with Gasteiger partial charge in [-0.1, -0.05) is 58.9 Å². The van der Waals surface area contributed by atoms with Crippen LogP contribution in [0.25, 0.3) is 0 Å². The van der Waals surface area contributed by atoms with E-state index in [-0.39, 0.29) is 10.8 Å². The van der Waals surface area contributed by atoms with Crippen molar-refractivity contribution in [2.45, 2.75) is 47.5 Å². The van der Waals surface area contributed by atoms with Gasteiger partial charge in [-0.15, -0.1) is 0 Å². The molecule has 22 heavy (non-hydrogen) atoms. The van der Waals surface area contributed by atoms with E-state index in [0.29, 0.717) is 18.6 Å². The number of hydrogen-bond donors (Lipinski definition) is 1. The van der Waals surface area contributed by atoms with Crippen LogP contribution in [0.5, 0.6) is 5.75 Å². The van der Waals surface area contributed by atoms with E-state index in [1.54, 1.807) is 0 Å². The van der Waals surface area contributed by atoms with Crippen LogP contribution in [-0.4, -0.2) is 17.7 Å². The number of para-hydroxylation sites is 1. The highest BCUT2D eigenvalue weighted by atomic mass is 16.5. The highest BCUT2D eigenvalue weighted by Crippen LogP contribution is 2.35. The van der Waals surface area contributed by atoms with Gasteiger partial charge < -0.3 is 9.84 Å². The quantitative estimate of drug-likeness (QED) is 0.727. The maximum atomic E-state index is 11.5. The van der Waals surface area contributed by atoms with Gasteiger partial charge in [-0.05, 0) is 29.4 Å². The van der Waals surface area contributed by atoms with Crippen LogP contribution in [0.1, 0.15) is 47.5 Å². The minimum absolute atomic E-state index is 0.154. The molecule has 3 heteroatoms. The van der Waals surface area contributed by atoms with Gasteiger partial charge in [0.05, 0.1) is 6.61 Å². The summed E-state index contributed by atoms with van der Waals surface area (Å²) in [5, 5.41) is 9.41. The van der Waals surface area contributed by atoms with Crippen LogP contribution >= 0.6 is 0 Å². The monoisotopic (exact) mass is 304 g/mol. The number of allylic oxidation sites excluding steroid dienone is 1. The minimum atomic E-state index is -0.862. The first kappa shape index (κ1) is 18.3. The van der Waals surface area contributed by atoms with E-state index in [9.17, 15) is 9.90 Å². The molecule has 0 aliphatic carbocycles. The molecule has 1 aromatic carbocycles. The Morgan fingerprint density at radius 2 is 1.73 bits per heavy atom. The third kappa shape index (κ3) is 7.30. The highest BCUT2D eigenvalue weighted by molar-refractivity contribution is 5.86. The molecule has 3 nitrogen and oxygen atoms in total. The largest absolute Gasteiger partial charge is 0.493 e. The predicted octanol–water partition coefficient (Wildman–Crippen LogP) is 4.93. The Balaban J connectivity index is 2.68. The zero-order chi connectivity index (χ0) is 16.8. The summed E-state index contributed by atoms with van der Waals surface area (Å²) in [4.78, 5) is 11.5. The van der Waals surface area contributed by atoms with E-state index in [1.165, 1.54) is 0 Å². The SMILES string of the molecule is CC(C)(C)CC(C)(C)C=C(CCOc1ccccc1)C(=O)O. The third-order valence-corrected chi connectivity index (χ3v) is 3.21. The second-order valence-corrected chi connectivity index (χ2v) is 7.61. The average Bonchev–Trinajstić information content (AvgIpc) is 2.35. The number of aliphatic carboxylic acids is 1. The number of carboxylic acid groups (broad SMARTS) is 1. The second kappa shape index (κ2) is 7.48. The fourth-order valence-electron chi connectivity index (χ4n) is 2.93. The number of benzene rings is 1. The Bertz CT molecular complexity index is 507. The lowest BCUT2D eigenvalue weighted by molar-refractivity contribution is -0.133. The molecule has 0 aliphatic rings. The second-order valence-electron chi connectivity index (χ2n) is 7.61. The summed E-state index contributed by atoms with van der Waals surface area (Å²) >= 11 is 0. The van der Waals surface area contributed by atoms with Crippen LogP contribution in [0, 0.1) is 10.8 Å². The van der Waals surface area contributed by atoms with Crippen LogP contribution in [0.15, 0.2) is 42.0 Å². The van der Waals surface area contributed by atoms with E-state index >= 15 is 0 Å². The van der Waals surface area contributed by atoms with Crippen molar-refractivity contribution in [1.82, 2.24) is 0 Å². The zero-order valence-corrected chi connectivity index (χ0v) is 14.3. The van der Waals surface area contributed by atoms with E-state index in [0.717, 1.165) is 12.2 Å². The van der Waals surface area contributed by atoms with Crippen LogP contribution in [0.4, 0.5) is 0 Å². The molecule has 0 radical (unpaired) electrons. The fourth-order valence-corrected chi connectivity index (χ4v) is 2.93. The summed E-state index contributed by atoms with van der Waals surface area (Å²) in [6.45, 7) is 11.0. The lowest BCUT2D eigenvalue weighted by Crippen LogP contribution is -2.20.